The van der Waals surface area contributed by atoms with E-state index in [1.165, 1.54) is 44.3 Å². The highest BCUT2D eigenvalue weighted by Crippen LogP contribution is 2.47. The summed E-state index contributed by atoms with van der Waals surface area (Å²) in [5.74, 6) is 2.30. The molecule has 1 nitrogen and oxygen atoms in total. The highest BCUT2D eigenvalue weighted by molar-refractivity contribution is 8.00. The zero-order valence-corrected chi connectivity index (χ0v) is 11.3. The van der Waals surface area contributed by atoms with E-state index in [1.54, 1.807) is 0 Å². The molecule has 2 rings (SSSR count). The average molecular weight is 227 g/mol. The van der Waals surface area contributed by atoms with E-state index >= 15 is 0 Å². The first-order chi connectivity index (χ1) is 7.05. The molecule has 1 spiro atoms. The van der Waals surface area contributed by atoms with Crippen molar-refractivity contribution in [3.05, 3.63) is 0 Å². The van der Waals surface area contributed by atoms with Gasteiger partial charge in [-0.15, -0.1) is 11.8 Å². The van der Waals surface area contributed by atoms with Gasteiger partial charge in [0.25, 0.3) is 0 Å². The molecule has 1 saturated carbocycles. The maximum atomic E-state index is 3.87. The van der Waals surface area contributed by atoms with Crippen molar-refractivity contribution < 1.29 is 0 Å². The molecule has 0 aromatic carbocycles. The van der Waals surface area contributed by atoms with E-state index in [9.17, 15) is 0 Å². The summed E-state index contributed by atoms with van der Waals surface area (Å²) >= 11 is 2.18. The lowest BCUT2D eigenvalue weighted by Gasteiger charge is -2.38. The third-order valence-electron chi connectivity index (χ3n) is 3.89. The number of thioether (sulfide) groups is 1. The van der Waals surface area contributed by atoms with E-state index in [0.717, 1.165) is 5.92 Å². The van der Waals surface area contributed by atoms with Crippen LogP contribution in [0.3, 0.4) is 0 Å². The molecule has 2 heteroatoms. The van der Waals surface area contributed by atoms with Crippen LogP contribution in [-0.2, 0) is 0 Å². The Balaban J connectivity index is 1.88. The summed E-state index contributed by atoms with van der Waals surface area (Å²) in [7, 11) is 0. The molecule has 0 unspecified atom stereocenters. The third kappa shape index (κ3) is 2.71. The van der Waals surface area contributed by atoms with E-state index in [1.807, 2.05) is 0 Å². The Kier molecular flexibility index (Phi) is 3.37. The Bertz CT molecular complexity index is 217. The van der Waals surface area contributed by atoms with Gasteiger partial charge >= 0.3 is 0 Å². The van der Waals surface area contributed by atoms with Crippen LogP contribution in [0.1, 0.15) is 59.3 Å². The van der Waals surface area contributed by atoms with Crippen molar-refractivity contribution >= 4 is 11.8 Å². The molecule has 15 heavy (non-hydrogen) atoms. The van der Waals surface area contributed by atoms with Gasteiger partial charge in [-0.25, -0.2) is 0 Å². The number of nitrogens with one attached hydrogen (secondary N) is 1. The van der Waals surface area contributed by atoms with Gasteiger partial charge in [-0.3, -0.25) is 5.32 Å². The summed E-state index contributed by atoms with van der Waals surface area (Å²) < 4.78 is 0. The highest BCUT2D eigenvalue weighted by atomic mass is 32.2. The van der Waals surface area contributed by atoms with Crippen molar-refractivity contribution in [1.29, 1.82) is 0 Å². The second-order valence-corrected chi connectivity index (χ2v) is 7.38. The van der Waals surface area contributed by atoms with Gasteiger partial charge in [-0.05, 0) is 45.4 Å². The summed E-state index contributed by atoms with van der Waals surface area (Å²) in [6, 6.07) is 0. The van der Waals surface area contributed by atoms with Gasteiger partial charge in [-0.2, -0.15) is 0 Å². The van der Waals surface area contributed by atoms with Crippen LogP contribution < -0.4 is 5.32 Å². The molecule has 0 atom stereocenters. The van der Waals surface area contributed by atoms with Gasteiger partial charge in [0.1, 0.15) is 0 Å². The second-order valence-electron chi connectivity index (χ2n) is 6.02. The van der Waals surface area contributed by atoms with Crippen LogP contribution in [-0.4, -0.2) is 16.2 Å². The Labute approximate surface area is 98.8 Å². The molecule has 1 aliphatic heterocycles. The van der Waals surface area contributed by atoms with E-state index in [0.29, 0.717) is 10.4 Å². The fourth-order valence-corrected chi connectivity index (χ4v) is 4.70. The summed E-state index contributed by atoms with van der Waals surface area (Å²) in [5, 5.41) is 3.87. The predicted octanol–water partition coefficient (Wildman–Crippen LogP) is 3.79. The fourth-order valence-electron chi connectivity index (χ4n) is 3.12. The molecule has 0 bridgehead atoms. The van der Waals surface area contributed by atoms with Gasteiger partial charge in [0.2, 0.25) is 0 Å². The highest BCUT2D eigenvalue weighted by Gasteiger charge is 2.44. The Hall–Kier alpha value is 0.310. The summed E-state index contributed by atoms with van der Waals surface area (Å²) in [4.78, 5) is 0.452. The molecule has 88 valence electrons. The first kappa shape index (κ1) is 11.8. The van der Waals surface area contributed by atoms with Crippen molar-refractivity contribution in [3.8, 4) is 0 Å². The van der Waals surface area contributed by atoms with E-state index in [2.05, 4.69) is 37.8 Å². The van der Waals surface area contributed by atoms with Crippen molar-refractivity contribution in [3.63, 3.8) is 0 Å². The van der Waals surface area contributed by atoms with Gasteiger partial charge in [0.15, 0.2) is 0 Å². The van der Waals surface area contributed by atoms with Crippen molar-refractivity contribution in [2.75, 3.05) is 5.75 Å². The number of hydrogen-bond donors (Lipinski definition) is 1. The standard InChI is InChI=1S/C13H25NS/c1-4-5-11-6-8-13(9-7-11)14-12(2,3)10-15-13/h11,14H,4-10H2,1-3H3. The molecule has 1 heterocycles. The largest absolute Gasteiger partial charge is 0.297 e. The minimum absolute atomic E-state index is 0.363. The van der Waals surface area contributed by atoms with Crippen LogP contribution in [0.4, 0.5) is 0 Å². The van der Waals surface area contributed by atoms with E-state index in [-0.39, 0.29) is 0 Å². The van der Waals surface area contributed by atoms with Gasteiger partial charge < -0.3 is 0 Å². The molecule has 2 aliphatic rings. The summed E-state index contributed by atoms with van der Waals surface area (Å²) in [6.07, 6.45) is 8.50. The first-order valence-corrected chi connectivity index (χ1v) is 7.47. The quantitative estimate of drug-likeness (QED) is 0.770. The summed E-state index contributed by atoms with van der Waals surface area (Å²) in [5.41, 5.74) is 0.363. The van der Waals surface area contributed by atoms with Crippen molar-refractivity contribution in [1.82, 2.24) is 5.32 Å². The average Bonchev–Trinajstić information content (AvgIpc) is 2.47. The van der Waals surface area contributed by atoms with Crippen LogP contribution in [0.2, 0.25) is 0 Å². The fraction of sp³-hybridized carbons (Fsp3) is 1.00. The van der Waals surface area contributed by atoms with Crippen LogP contribution >= 0.6 is 11.8 Å². The van der Waals surface area contributed by atoms with Crippen molar-refractivity contribution in [2.45, 2.75) is 69.7 Å². The zero-order valence-electron chi connectivity index (χ0n) is 10.4. The predicted molar refractivity (Wildman–Crippen MR) is 69.3 cm³/mol. The van der Waals surface area contributed by atoms with E-state index in [4.69, 9.17) is 0 Å². The SMILES string of the molecule is CCCC1CCC2(CC1)NC(C)(C)CS2. The Morgan fingerprint density at radius 1 is 1.27 bits per heavy atom. The molecule has 1 N–H and O–H groups in total. The van der Waals surface area contributed by atoms with Crippen molar-refractivity contribution in [2.24, 2.45) is 5.92 Å². The maximum absolute atomic E-state index is 3.87. The number of hydrogen-bond acceptors (Lipinski definition) is 2. The monoisotopic (exact) mass is 227 g/mol. The van der Waals surface area contributed by atoms with E-state index < -0.39 is 0 Å². The molecule has 0 aromatic rings. The molecular formula is C13H25NS. The normalized spacial score (nSPS) is 39.8. The molecule has 0 amide bonds. The molecule has 1 saturated heterocycles. The Morgan fingerprint density at radius 2 is 1.93 bits per heavy atom. The summed E-state index contributed by atoms with van der Waals surface area (Å²) in [6.45, 7) is 7.00. The third-order valence-corrected chi connectivity index (χ3v) is 5.81. The minimum atomic E-state index is 0.363. The van der Waals surface area contributed by atoms with Gasteiger partial charge in [-0.1, -0.05) is 19.8 Å². The number of rotatable bonds is 2. The Morgan fingerprint density at radius 3 is 2.40 bits per heavy atom. The molecular weight excluding hydrogens is 202 g/mol. The minimum Gasteiger partial charge on any atom is -0.297 e. The molecule has 1 aliphatic carbocycles. The van der Waals surface area contributed by atoms with Crippen LogP contribution in [0.25, 0.3) is 0 Å². The van der Waals surface area contributed by atoms with Gasteiger partial charge in [0, 0.05) is 11.3 Å². The topological polar surface area (TPSA) is 12.0 Å². The maximum Gasteiger partial charge on any atom is 0.0650 e. The second kappa shape index (κ2) is 4.29. The molecule has 0 aromatic heterocycles. The lowest BCUT2D eigenvalue weighted by molar-refractivity contribution is 0.234. The lowest BCUT2D eigenvalue weighted by Crippen LogP contribution is -2.48. The molecule has 0 radical (unpaired) electrons. The molecule has 2 fully saturated rings. The smallest absolute Gasteiger partial charge is 0.0650 e. The van der Waals surface area contributed by atoms with Gasteiger partial charge in [0.05, 0.1) is 4.87 Å². The van der Waals surface area contributed by atoms with Crippen LogP contribution in [0.5, 0.6) is 0 Å². The zero-order chi connectivity index (χ0) is 10.9. The van der Waals surface area contributed by atoms with Crippen LogP contribution in [0.15, 0.2) is 0 Å². The lowest BCUT2D eigenvalue weighted by atomic mass is 9.82. The van der Waals surface area contributed by atoms with Crippen LogP contribution in [0, 0.1) is 5.92 Å². The first-order valence-electron chi connectivity index (χ1n) is 6.49.